The molecule has 1 aromatic rings. The van der Waals surface area contributed by atoms with Crippen molar-refractivity contribution in [2.45, 2.75) is 44.9 Å². The summed E-state index contributed by atoms with van der Waals surface area (Å²) in [6.07, 6.45) is 2.42. The summed E-state index contributed by atoms with van der Waals surface area (Å²) in [4.78, 5) is 15.5. The summed E-state index contributed by atoms with van der Waals surface area (Å²) in [5, 5.41) is 3.87. The van der Waals surface area contributed by atoms with Crippen LogP contribution in [0.25, 0.3) is 0 Å². The largest absolute Gasteiger partial charge is 0.465 e. The number of carbonyl (C=O) groups is 1. The number of nitrogens with two attached hydrogens (primary N) is 1. The lowest BCUT2D eigenvalue weighted by Gasteiger charge is -2.09. The fourth-order valence-corrected chi connectivity index (χ4v) is 2.27. The monoisotopic (exact) mass is 287 g/mol. The highest BCUT2D eigenvalue weighted by Crippen LogP contribution is 2.13. The summed E-state index contributed by atoms with van der Waals surface area (Å²) in [5.41, 5.74) is 5.69. The Balaban J connectivity index is 2.17. The lowest BCUT2D eigenvalue weighted by atomic mass is 10.2. The number of aromatic nitrogens is 2. The van der Waals surface area contributed by atoms with E-state index in [0.29, 0.717) is 24.7 Å². The average Bonchev–Trinajstić information content (AvgIpc) is 2.83. The highest BCUT2D eigenvalue weighted by molar-refractivity contribution is 7.98. The first kappa shape index (κ1) is 16.0. The minimum atomic E-state index is -0.550. The maximum Gasteiger partial charge on any atom is 0.322 e. The molecular formula is C12H21N3O3S. The Morgan fingerprint density at radius 3 is 3.00 bits per heavy atom. The van der Waals surface area contributed by atoms with Crippen molar-refractivity contribution in [3.8, 4) is 0 Å². The van der Waals surface area contributed by atoms with Gasteiger partial charge in [0, 0.05) is 6.42 Å². The third-order valence-electron chi connectivity index (χ3n) is 2.37. The molecule has 1 unspecified atom stereocenters. The van der Waals surface area contributed by atoms with Crippen LogP contribution in [0.15, 0.2) is 4.52 Å². The summed E-state index contributed by atoms with van der Waals surface area (Å²) in [5.74, 6) is 2.43. The molecule has 1 heterocycles. The molecule has 0 radical (unpaired) electrons. The zero-order chi connectivity index (χ0) is 14.1. The van der Waals surface area contributed by atoms with E-state index in [-0.39, 0.29) is 5.97 Å². The molecule has 108 valence electrons. The van der Waals surface area contributed by atoms with E-state index in [1.54, 1.807) is 18.7 Å². The van der Waals surface area contributed by atoms with Gasteiger partial charge in [-0.3, -0.25) is 4.79 Å². The summed E-state index contributed by atoms with van der Waals surface area (Å²) in [6.45, 7) is 4.20. The summed E-state index contributed by atoms with van der Waals surface area (Å²) >= 11 is 1.62. The Labute approximate surface area is 117 Å². The number of aryl methyl sites for hydroxylation is 1. The lowest BCUT2D eigenvalue weighted by molar-refractivity contribution is -0.144. The second-order valence-corrected chi connectivity index (χ2v) is 5.16. The minimum Gasteiger partial charge on any atom is -0.465 e. The van der Waals surface area contributed by atoms with E-state index < -0.39 is 6.04 Å². The molecule has 0 saturated carbocycles. The van der Waals surface area contributed by atoms with Crippen LogP contribution in [0.4, 0.5) is 0 Å². The smallest absolute Gasteiger partial charge is 0.322 e. The van der Waals surface area contributed by atoms with Gasteiger partial charge in [-0.1, -0.05) is 12.1 Å². The van der Waals surface area contributed by atoms with Crippen LogP contribution in [0, 0.1) is 0 Å². The van der Waals surface area contributed by atoms with Crippen LogP contribution in [0.3, 0.4) is 0 Å². The van der Waals surface area contributed by atoms with Gasteiger partial charge >= 0.3 is 5.97 Å². The molecule has 0 aliphatic carbocycles. The number of hydrogen-bond donors (Lipinski definition) is 1. The van der Waals surface area contributed by atoms with Gasteiger partial charge in [-0.05, 0) is 25.5 Å². The van der Waals surface area contributed by atoms with Crippen LogP contribution in [0.2, 0.25) is 0 Å². The predicted octanol–water partition coefficient (Wildman–Crippen LogP) is 1.54. The van der Waals surface area contributed by atoms with Crippen LogP contribution in [-0.2, 0) is 21.7 Å². The molecule has 2 N–H and O–H groups in total. The third-order valence-corrected chi connectivity index (χ3v) is 3.35. The van der Waals surface area contributed by atoms with Crippen LogP contribution in [0.5, 0.6) is 0 Å². The Morgan fingerprint density at radius 2 is 2.32 bits per heavy atom. The van der Waals surface area contributed by atoms with Crippen LogP contribution >= 0.6 is 11.8 Å². The zero-order valence-electron chi connectivity index (χ0n) is 11.4. The summed E-state index contributed by atoms with van der Waals surface area (Å²) in [6, 6.07) is -0.550. The van der Waals surface area contributed by atoms with Crippen LogP contribution < -0.4 is 5.73 Å². The summed E-state index contributed by atoms with van der Waals surface area (Å²) < 4.78 is 9.94. The predicted molar refractivity (Wildman–Crippen MR) is 73.7 cm³/mol. The van der Waals surface area contributed by atoms with E-state index in [4.69, 9.17) is 15.0 Å². The van der Waals surface area contributed by atoms with E-state index in [2.05, 4.69) is 17.1 Å². The van der Waals surface area contributed by atoms with Crippen molar-refractivity contribution in [1.82, 2.24) is 10.1 Å². The van der Waals surface area contributed by atoms with Crippen molar-refractivity contribution in [3.63, 3.8) is 0 Å². The topological polar surface area (TPSA) is 91.2 Å². The van der Waals surface area contributed by atoms with E-state index >= 15 is 0 Å². The molecule has 0 aromatic carbocycles. The van der Waals surface area contributed by atoms with E-state index in [0.717, 1.165) is 24.4 Å². The molecule has 1 atom stereocenters. The van der Waals surface area contributed by atoms with Gasteiger partial charge in [0.1, 0.15) is 6.04 Å². The Hall–Kier alpha value is -1.08. The molecule has 6 nitrogen and oxygen atoms in total. The van der Waals surface area contributed by atoms with E-state index in [1.807, 2.05) is 0 Å². The number of ether oxygens (including phenoxy) is 1. The van der Waals surface area contributed by atoms with Crippen molar-refractivity contribution >= 4 is 17.7 Å². The molecule has 0 saturated heterocycles. The van der Waals surface area contributed by atoms with Gasteiger partial charge in [-0.25, -0.2) is 0 Å². The van der Waals surface area contributed by atoms with Crippen molar-refractivity contribution < 1.29 is 14.1 Å². The van der Waals surface area contributed by atoms with Gasteiger partial charge in [0.2, 0.25) is 5.89 Å². The van der Waals surface area contributed by atoms with E-state index in [9.17, 15) is 4.79 Å². The second kappa shape index (κ2) is 8.92. The molecule has 0 aliphatic heterocycles. The first-order chi connectivity index (χ1) is 9.17. The number of hydrogen-bond acceptors (Lipinski definition) is 7. The Morgan fingerprint density at radius 1 is 1.53 bits per heavy atom. The van der Waals surface area contributed by atoms with Crippen LogP contribution in [-0.4, -0.2) is 34.5 Å². The number of nitrogens with zero attached hydrogens (tertiary/aromatic N) is 2. The number of esters is 1. The lowest BCUT2D eigenvalue weighted by Crippen LogP contribution is -2.32. The van der Waals surface area contributed by atoms with Gasteiger partial charge in [-0.2, -0.15) is 16.7 Å². The van der Waals surface area contributed by atoms with Crippen molar-refractivity contribution in [3.05, 3.63) is 11.7 Å². The standard InChI is InChI=1S/C12H21N3O3S/c1-3-5-10-14-11(18-15-10)8-19-7-6-9(13)12(16)17-4-2/h9H,3-8,13H2,1-2H3. The molecule has 0 amide bonds. The molecular weight excluding hydrogens is 266 g/mol. The quantitative estimate of drug-likeness (QED) is 0.544. The molecule has 19 heavy (non-hydrogen) atoms. The fraction of sp³-hybridized carbons (Fsp3) is 0.750. The zero-order valence-corrected chi connectivity index (χ0v) is 12.2. The van der Waals surface area contributed by atoms with Crippen LogP contribution in [0.1, 0.15) is 38.4 Å². The first-order valence-electron chi connectivity index (χ1n) is 6.48. The van der Waals surface area contributed by atoms with Gasteiger partial charge in [0.15, 0.2) is 5.82 Å². The highest BCUT2D eigenvalue weighted by Gasteiger charge is 2.14. The number of thioether (sulfide) groups is 1. The molecule has 1 rings (SSSR count). The van der Waals surface area contributed by atoms with Gasteiger partial charge in [-0.15, -0.1) is 0 Å². The maximum atomic E-state index is 11.3. The molecule has 0 bridgehead atoms. The molecule has 1 aromatic heterocycles. The number of rotatable bonds is 9. The van der Waals surface area contributed by atoms with Gasteiger partial charge in [0.05, 0.1) is 12.4 Å². The summed E-state index contributed by atoms with van der Waals surface area (Å²) in [7, 11) is 0. The highest BCUT2D eigenvalue weighted by atomic mass is 32.2. The normalized spacial score (nSPS) is 12.4. The minimum absolute atomic E-state index is 0.342. The Kier molecular flexibility index (Phi) is 7.50. The fourth-order valence-electron chi connectivity index (χ4n) is 1.41. The van der Waals surface area contributed by atoms with Gasteiger partial charge in [0.25, 0.3) is 0 Å². The third kappa shape index (κ3) is 6.07. The number of carbonyl (C=O) groups excluding carboxylic acids is 1. The maximum absolute atomic E-state index is 11.3. The Bertz CT molecular complexity index is 384. The SMILES string of the molecule is CCCc1noc(CSCCC(N)C(=O)OCC)n1. The molecule has 0 aliphatic rings. The van der Waals surface area contributed by atoms with Crippen molar-refractivity contribution in [2.24, 2.45) is 5.73 Å². The molecule has 0 fully saturated rings. The molecule has 0 spiro atoms. The average molecular weight is 287 g/mol. The second-order valence-electron chi connectivity index (χ2n) is 4.05. The van der Waals surface area contributed by atoms with Crippen molar-refractivity contribution in [2.75, 3.05) is 12.4 Å². The first-order valence-corrected chi connectivity index (χ1v) is 7.64. The van der Waals surface area contributed by atoms with Crippen molar-refractivity contribution in [1.29, 1.82) is 0 Å². The van der Waals surface area contributed by atoms with E-state index in [1.165, 1.54) is 0 Å². The molecule has 7 heteroatoms. The van der Waals surface area contributed by atoms with Gasteiger partial charge < -0.3 is 15.0 Å².